The lowest BCUT2D eigenvalue weighted by Gasteiger charge is -2.09. The van der Waals surface area contributed by atoms with E-state index in [1.807, 2.05) is 6.92 Å². The summed E-state index contributed by atoms with van der Waals surface area (Å²) in [5, 5.41) is 14.2. The van der Waals surface area contributed by atoms with Crippen molar-refractivity contribution in [3.8, 4) is 5.75 Å². The maximum absolute atomic E-state index is 12.2. The zero-order valence-corrected chi connectivity index (χ0v) is 11.9. The quantitative estimate of drug-likeness (QED) is 0.912. The Bertz CT molecular complexity index is 614. The van der Waals surface area contributed by atoms with E-state index in [1.54, 1.807) is 12.1 Å². The van der Waals surface area contributed by atoms with Crippen LogP contribution in [0.4, 0.5) is 5.95 Å². The summed E-state index contributed by atoms with van der Waals surface area (Å²) in [5.74, 6) is 0.344. The van der Waals surface area contributed by atoms with Gasteiger partial charge in [-0.05, 0) is 35.0 Å². The van der Waals surface area contributed by atoms with Crippen molar-refractivity contribution in [3.63, 3.8) is 0 Å². The smallest absolute Gasteiger partial charge is 0.261 e. The topological polar surface area (TPSA) is 81.9 Å². The number of nitrogens with one attached hydrogen (secondary N) is 1. The number of anilines is 1. The second-order valence-electron chi connectivity index (χ2n) is 4.02. The Hall–Kier alpha value is -2.15. The Balaban J connectivity index is 2.23. The van der Waals surface area contributed by atoms with Gasteiger partial charge in [0.05, 0.1) is 12.7 Å². The van der Waals surface area contributed by atoms with Gasteiger partial charge in [0.2, 0.25) is 5.95 Å². The molecule has 1 amide bonds. The average molecular weight is 296 g/mol. The molecule has 1 aromatic heterocycles. The molecule has 0 aliphatic carbocycles. The van der Waals surface area contributed by atoms with E-state index in [0.29, 0.717) is 28.8 Å². The van der Waals surface area contributed by atoms with E-state index in [1.165, 1.54) is 17.9 Å². The van der Waals surface area contributed by atoms with E-state index in [9.17, 15) is 4.79 Å². The summed E-state index contributed by atoms with van der Waals surface area (Å²) in [4.78, 5) is 12.2. The number of carbonyl (C=O) groups excluding carboxylic acids is 1. The number of hydrogen-bond acceptors (Lipinski definition) is 5. The number of ether oxygens (including phenoxy) is 1. The molecular weight excluding hydrogens is 282 g/mol. The van der Waals surface area contributed by atoms with Crippen LogP contribution in [0.5, 0.6) is 5.75 Å². The molecule has 0 saturated carbocycles. The zero-order valence-electron chi connectivity index (χ0n) is 11.1. The highest BCUT2D eigenvalue weighted by molar-refractivity contribution is 6.31. The first-order valence-electron chi connectivity index (χ1n) is 6.06. The van der Waals surface area contributed by atoms with Crippen molar-refractivity contribution < 1.29 is 9.53 Å². The first-order valence-corrected chi connectivity index (χ1v) is 6.44. The fourth-order valence-electron chi connectivity index (χ4n) is 1.68. The van der Waals surface area contributed by atoms with Crippen molar-refractivity contribution in [2.45, 2.75) is 19.9 Å². The SMILES string of the molecule is CCCn1nnnc1NC(=O)c1cc(Cl)ccc1OC. The Morgan fingerprint density at radius 2 is 2.30 bits per heavy atom. The molecule has 0 aliphatic rings. The lowest BCUT2D eigenvalue weighted by atomic mass is 10.2. The van der Waals surface area contributed by atoms with E-state index in [2.05, 4.69) is 20.8 Å². The lowest BCUT2D eigenvalue weighted by molar-refractivity contribution is 0.102. The molecule has 0 aliphatic heterocycles. The van der Waals surface area contributed by atoms with Gasteiger partial charge in [0, 0.05) is 11.6 Å². The van der Waals surface area contributed by atoms with Crippen molar-refractivity contribution in [1.82, 2.24) is 20.2 Å². The summed E-state index contributed by atoms with van der Waals surface area (Å²) in [6, 6.07) is 4.81. The highest BCUT2D eigenvalue weighted by Crippen LogP contribution is 2.23. The number of carbonyl (C=O) groups is 1. The largest absolute Gasteiger partial charge is 0.496 e. The van der Waals surface area contributed by atoms with Crippen molar-refractivity contribution >= 4 is 23.5 Å². The van der Waals surface area contributed by atoms with E-state index in [-0.39, 0.29) is 5.91 Å². The van der Waals surface area contributed by atoms with Crippen LogP contribution in [0.15, 0.2) is 18.2 Å². The summed E-state index contributed by atoms with van der Waals surface area (Å²) in [5.41, 5.74) is 0.325. The van der Waals surface area contributed by atoms with Gasteiger partial charge >= 0.3 is 0 Å². The minimum atomic E-state index is -0.378. The number of aromatic nitrogens is 4. The van der Waals surface area contributed by atoms with Crippen LogP contribution < -0.4 is 10.1 Å². The Morgan fingerprint density at radius 3 is 3.00 bits per heavy atom. The number of halogens is 1. The zero-order chi connectivity index (χ0) is 14.5. The van der Waals surface area contributed by atoms with E-state index >= 15 is 0 Å². The fraction of sp³-hybridized carbons (Fsp3) is 0.333. The summed E-state index contributed by atoms with van der Waals surface area (Å²) in [6.45, 7) is 2.61. The molecule has 20 heavy (non-hydrogen) atoms. The van der Waals surface area contributed by atoms with Gasteiger partial charge in [0.15, 0.2) is 0 Å². The van der Waals surface area contributed by atoms with Crippen LogP contribution in [0.2, 0.25) is 5.02 Å². The van der Waals surface area contributed by atoms with Gasteiger partial charge in [0.25, 0.3) is 5.91 Å². The summed E-state index contributed by atoms with van der Waals surface area (Å²) in [6.07, 6.45) is 0.856. The van der Waals surface area contributed by atoms with Gasteiger partial charge in [-0.3, -0.25) is 10.1 Å². The van der Waals surface area contributed by atoms with Crippen LogP contribution in [0.25, 0.3) is 0 Å². The Labute approximate surface area is 120 Å². The number of tetrazole rings is 1. The second kappa shape index (κ2) is 6.33. The standard InChI is InChI=1S/C12H14ClN5O2/c1-3-6-18-12(15-16-17-18)14-11(19)9-7-8(13)4-5-10(9)20-2/h4-5,7H,3,6H2,1-2H3,(H,14,15,17,19). The molecule has 7 nitrogen and oxygen atoms in total. The minimum absolute atomic E-state index is 0.291. The first kappa shape index (κ1) is 14.3. The number of nitrogens with zero attached hydrogens (tertiary/aromatic N) is 4. The highest BCUT2D eigenvalue weighted by Gasteiger charge is 2.16. The Morgan fingerprint density at radius 1 is 1.50 bits per heavy atom. The molecule has 0 atom stereocenters. The number of amides is 1. The third kappa shape index (κ3) is 3.05. The van der Waals surface area contributed by atoms with Crippen molar-refractivity contribution in [2.24, 2.45) is 0 Å². The summed E-state index contributed by atoms with van der Waals surface area (Å²) < 4.78 is 6.66. The molecule has 1 heterocycles. The third-order valence-corrected chi connectivity index (χ3v) is 2.83. The number of methoxy groups -OCH3 is 1. The molecule has 0 saturated heterocycles. The maximum atomic E-state index is 12.2. The predicted molar refractivity (Wildman–Crippen MR) is 74.1 cm³/mol. The number of hydrogen-bond donors (Lipinski definition) is 1. The lowest BCUT2D eigenvalue weighted by Crippen LogP contribution is -2.17. The molecule has 0 spiro atoms. The molecular formula is C12H14ClN5O2. The second-order valence-corrected chi connectivity index (χ2v) is 4.46. The van der Waals surface area contributed by atoms with Crippen LogP contribution in [0.3, 0.4) is 0 Å². The normalized spacial score (nSPS) is 10.3. The maximum Gasteiger partial charge on any atom is 0.261 e. The first-order chi connectivity index (χ1) is 9.65. The third-order valence-electron chi connectivity index (χ3n) is 2.60. The number of aryl methyl sites for hydroxylation is 1. The van der Waals surface area contributed by atoms with Gasteiger partial charge in [-0.2, -0.15) is 0 Å². The van der Waals surface area contributed by atoms with Crippen LogP contribution in [0, 0.1) is 0 Å². The molecule has 1 aromatic carbocycles. The summed E-state index contributed by atoms with van der Waals surface area (Å²) in [7, 11) is 1.49. The molecule has 2 aromatic rings. The predicted octanol–water partition coefficient (Wildman–Crippen LogP) is 2.00. The Kier molecular flexibility index (Phi) is 4.52. The van der Waals surface area contributed by atoms with Crippen LogP contribution in [-0.4, -0.2) is 33.2 Å². The molecule has 8 heteroatoms. The van der Waals surface area contributed by atoms with Gasteiger partial charge < -0.3 is 4.74 Å². The molecule has 0 unspecified atom stereocenters. The molecule has 0 radical (unpaired) electrons. The number of rotatable bonds is 5. The molecule has 0 fully saturated rings. The molecule has 106 valence electrons. The molecule has 0 bridgehead atoms. The van der Waals surface area contributed by atoms with Crippen LogP contribution in [-0.2, 0) is 6.54 Å². The van der Waals surface area contributed by atoms with Gasteiger partial charge in [0.1, 0.15) is 5.75 Å². The van der Waals surface area contributed by atoms with Crippen molar-refractivity contribution in [3.05, 3.63) is 28.8 Å². The monoisotopic (exact) mass is 295 g/mol. The molecule has 1 N–H and O–H groups in total. The fourth-order valence-corrected chi connectivity index (χ4v) is 1.86. The summed E-state index contributed by atoms with van der Waals surface area (Å²) >= 11 is 5.90. The van der Waals surface area contributed by atoms with Crippen LogP contribution in [0.1, 0.15) is 23.7 Å². The molecule has 2 rings (SSSR count). The van der Waals surface area contributed by atoms with E-state index < -0.39 is 0 Å². The minimum Gasteiger partial charge on any atom is -0.496 e. The highest BCUT2D eigenvalue weighted by atomic mass is 35.5. The van der Waals surface area contributed by atoms with Gasteiger partial charge in [-0.15, -0.1) is 0 Å². The van der Waals surface area contributed by atoms with Gasteiger partial charge in [-0.1, -0.05) is 23.6 Å². The van der Waals surface area contributed by atoms with Crippen LogP contribution >= 0.6 is 11.6 Å². The number of benzene rings is 1. The van der Waals surface area contributed by atoms with Gasteiger partial charge in [-0.25, -0.2) is 4.68 Å². The van der Waals surface area contributed by atoms with E-state index in [4.69, 9.17) is 16.3 Å². The average Bonchev–Trinajstić information content (AvgIpc) is 2.86. The van der Waals surface area contributed by atoms with Crippen molar-refractivity contribution in [2.75, 3.05) is 12.4 Å². The van der Waals surface area contributed by atoms with E-state index in [0.717, 1.165) is 6.42 Å². The van der Waals surface area contributed by atoms with Crippen molar-refractivity contribution in [1.29, 1.82) is 0 Å².